The smallest absolute Gasteiger partial charge is 0.335 e. The SMILES string of the molecule is CC(C)C(=O)NCCc1cccc(C(=O)O)c1. The third-order valence-electron chi connectivity index (χ3n) is 2.41. The molecule has 0 atom stereocenters. The van der Waals surface area contributed by atoms with Crippen LogP contribution in [0, 0.1) is 5.92 Å². The number of carbonyl (C=O) groups is 2. The molecule has 4 heteroatoms. The molecule has 0 saturated carbocycles. The maximum atomic E-state index is 11.3. The van der Waals surface area contributed by atoms with Crippen LogP contribution in [0.5, 0.6) is 0 Å². The number of amides is 1. The van der Waals surface area contributed by atoms with Crippen molar-refractivity contribution in [2.75, 3.05) is 6.54 Å². The first kappa shape index (κ1) is 13.2. The van der Waals surface area contributed by atoms with Gasteiger partial charge in [0.2, 0.25) is 5.91 Å². The second-order valence-electron chi connectivity index (χ2n) is 4.20. The van der Waals surface area contributed by atoms with Crippen molar-refractivity contribution in [3.8, 4) is 0 Å². The molecule has 0 bridgehead atoms. The number of aromatic carboxylic acids is 1. The molecule has 0 aliphatic rings. The average Bonchev–Trinajstić information content (AvgIpc) is 2.29. The van der Waals surface area contributed by atoms with Crippen LogP contribution >= 0.6 is 0 Å². The van der Waals surface area contributed by atoms with E-state index >= 15 is 0 Å². The molecule has 1 amide bonds. The van der Waals surface area contributed by atoms with E-state index in [1.54, 1.807) is 18.2 Å². The Morgan fingerprint density at radius 2 is 2.06 bits per heavy atom. The van der Waals surface area contributed by atoms with Crippen LogP contribution in [0.15, 0.2) is 24.3 Å². The zero-order valence-electron chi connectivity index (χ0n) is 10.1. The van der Waals surface area contributed by atoms with Gasteiger partial charge in [0.25, 0.3) is 0 Å². The highest BCUT2D eigenvalue weighted by molar-refractivity contribution is 5.87. The molecule has 1 rings (SSSR count). The van der Waals surface area contributed by atoms with Gasteiger partial charge in [-0.2, -0.15) is 0 Å². The summed E-state index contributed by atoms with van der Waals surface area (Å²) in [4.78, 5) is 22.1. The van der Waals surface area contributed by atoms with E-state index in [9.17, 15) is 9.59 Å². The minimum atomic E-state index is -0.932. The Morgan fingerprint density at radius 1 is 1.35 bits per heavy atom. The highest BCUT2D eigenvalue weighted by Crippen LogP contribution is 2.05. The fourth-order valence-corrected chi connectivity index (χ4v) is 1.39. The number of hydrogen-bond donors (Lipinski definition) is 2. The molecular weight excluding hydrogens is 218 g/mol. The Bertz CT molecular complexity index is 413. The standard InChI is InChI=1S/C13H17NO3/c1-9(2)12(15)14-7-6-10-4-3-5-11(8-10)13(16)17/h3-5,8-9H,6-7H2,1-2H3,(H,14,15)(H,16,17). The largest absolute Gasteiger partial charge is 0.478 e. The number of carbonyl (C=O) groups excluding carboxylic acids is 1. The van der Waals surface area contributed by atoms with Gasteiger partial charge in [-0.05, 0) is 24.1 Å². The molecule has 92 valence electrons. The summed E-state index contributed by atoms with van der Waals surface area (Å²) in [5, 5.41) is 11.6. The fraction of sp³-hybridized carbons (Fsp3) is 0.385. The summed E-state index contributed by atoms with van der Waals surface area (Å²) >= 11 is 0. The highest BCUT2D eigenvalue weighted by atomic mass is 16.4. The highest BCUT2D eigenvalue weighted by Gasteiger charge is 2.06. The zero-order chi connectivity index (χ0) is 12.8. The Morgan fingerprint density at radius 3 is 2.65 bits per heavy atom. The lowest BCUT2D eigenvalue weighted by Crippen LogP contribution is -2.29. The van der Waals surface area contributed by atoms with Gasteiger partial charge < -0.3 is 10.4 Å². The molecule has 17 heavy (non-hydrogen) atoms. The molecule has 0 saturated heterocycles. The molecule has 1 aromatic carbocycles. The van der Waals surface area contributed by atoms with E-state index in [0.717, 1.165) is 5.56 Å². The van der Waals surface area contributed by atoms with Gasteiger partial charge in [-0.1, -0.05) is 26.0 Å². The lowest BCUT2D eigenvalue weighted by molar-refractivity contribution is -0.123. The number of nitrogens with one attached hydrogen (secondary N) is 1. The van der Waals surface area contributed by atoms with Gasteiger partial charge in [0.05, 0.1) is 5.56 Å². The number of benzene rings is 1. The van der Waals surface area contributed by atoms with Crippen molar-refractivity contribution >= 4 is 11.9 Å². The van der Waals surface area contributed by atoms with Gasteiger partial charge >= 0.3 is 5.97 Å². The Kier molecular flexibility index (Phi) is 4.69. The monoisotopic (exact) mass is 235 g/mol. The average molecular weight is 235 g/mol. The van der Waals surface area contributed by atoms with Gasteiger partial charge in [-0.15, -0.1) is 0 Å². The molecule has 0 aliphatic carbocycles. The van der Waals surface area contributed by atoms with Gasteiger partial charge in [0.1, 0.15) is 0 Å². The first-order valence-electron chi connectivity index (χ1n) is 5.60. The van der Waals surface area contributed by atoms with Gasteiger partial charge in [0.15, 0.2) is 0 Å². The second-order valence-corrected chi connectivity index (χ2v) is 4.20. The number of carboxylic acid groups (broad SMARTS) is 1. The Hall–Kier alpha value is -1.84. The maximum absolute atomic E-state index is 11.3. The molecule has 0 aromatic heterocycles. The summed E-state index contributed by atoms with van der Waals surface area (Å²) < 4.78 is 0. The summed E-state index contributed by atoms with van der Waals surface area (Å²) in [6.07, 6.45) is 0.638. The van der Waals surface area contributed by atoms with E-state index in [0.29, 0.717) is 13.0 Å². The van der Waals surface area contributed by atoms with Crippen LogP contribution in [0.2, 0.25) is 0 Å². The molecule has 0 radical (unpaired) electrons. The predicted octanol–water partition coefficient (Wildman–Crippen LogP) is 1.70. The van der Waals surface area contributed by atoms with Crippen molar-refractivity contribution in [2.45, 2.75) is 20.3 Å². The number of hydrogen-bond acceptors (Lipinski definition) is 2. The predicted molar refractivity (Wildman–Crippen MR) is 65.0 cm³/mol. The van der Waals surface area contributed by atoms with E-state index in [4.69, 9.17) is 5.11 Å². The van der Waals surface area contributed by atoms with Crippen molar-refractivity contribution in [3.05, 3.63) is 35.4 Å². The van der Waals surface area contributed by atoms with Crippen molar-refractivity contribution in [2.24, 2.45) is 5.92 Å². The van der Waals surface area contributed by atoms with Crippen molar-refractivity contribution < 1.29 is 14.7 Å². The van der Waals surface area contributed by atoms with Gasteiger partial charge in [0, 0.05) is 12.5 Å². The van der Waals surface area contributed by atoms with E-state index in [1.807, 2.05) is 19.9 Å². The topological polar surface area (TPSA) is 66.4 Å². The van der Waals surface area contributed by atoms with Gasteiger partial charge in [-0.25, -0.2) is 4.79 Å². The lowest BCUT2D eigenvalue weighted by Gasteiger charge is -2.07. The van der Waals surface area contributed by atoms with Crippen LogP contribution in [0.25, 0.3) is 0 Å². The molecule has 0 heterocycles. The summed E-state index contributed by atoms with van der Waals surface area (Å²) in [6, 6.07) is 6.75. The van der Waals surface area contributed by atoms with Crippen LogP contribution in [-0.2, 0) is 11.2 Å². The van der Waals surface area contributed by atoms with Crippen molar-refractivity contribution in [3.63, 3.8) is 0 Å². The minimum absolute atomic E-state index is 0.0133. The van der Waals surface area contributed by atoms with E-state index < -0.39 is 5.97 Å². The molecular formula is C13H17NO3. The van der Waals surface area contributed by atoms with Crippen LogP contribution < -0.4 is 5.32 Å². The van der Waals surface area contributed by atoms with Crippen LogP contribution in [-0.4, -0.2) is 23.5 Å². The number of carboxylic acids is 1. The van der Waals surface area contributed by atoms with Gasteiger partial charge in [-0.3, -0.25) is 4.79 Å². The summed E-state index contributed by atoms with van der Waals surface area (Å²) in [5.41, 5.74) is 1.19. The Labute approximate surface area is 101 Å². The zero-order valence-corrected chi connectivity index (χ0v) is 10.1. The first-order chi connectivity index (χ1) is 8.00. The fourth-order valence-electron chi connectivity index (χ4n) is 1.39. The van der Waals surface area contributed by atoms with Crippen molar-refractivity contribution in [1.29, 1.82) is 0 Å². The normalized spacial score (nSPS) is 10.3. The molecule has 1 aromatic rings. The molecule has 0 aliphatic heterocycles. The summed E-state index contributed by atoms with van der Waals surface area (Å²) in [6.45, 7) is 4.20. The van der Waals surface area contributed by atoms with E-state index in [-0.39, 0.29) is 17.4 Å². The van der Waals surface area contributed by atoms with Crippen LogP contribution in [0.4, 0.5) is 0 Å². The molecule has 0 fully saturated rings. The minimum Gasteiger partial charge on any atom is -0.478 e. The molecule has 2 N–H and O–H groups in total. The van der Waals surface area contributed by atoms with Crippen molar-refractivity contribution in [1.82, 2.24) is 5.32 Å². The number of rotatable bonds is 5. The van der Waals surface area contributed by atoms with E-state index in [1.165, 1.54) is 0 Å². The second kappa shape index (κ2) is 6.03. The third kappa shape index (κ3) is 4.26. The molecule has 0 unspecified atom stereocenters. The van der Waals surface area contributed by atoms with Crippen LogP contribution in [0.3, 0.4) is 0 Å². The maximum Gasteiger partial charge on any atom is 0.335 e. The summed E-state index contributed by atoms with van der Waals surface area (Å²) in [7, 11) is 0. The first-order valence-corrected chi connectivity index (χ1v) is 5.60. The van der Waals surface area contributed by atoms with E-state index in [2.05, 4.69) is 5.32 Å². The molecule has 0 spiro atoms. The third-order valence-corrected chi connectivity index (χ3v) is 2.41. The van der Waals surface area contributed by atoms with Crippen LogP contribution in [0.1, 0.15) is 29.8 Å². The lowest BCUT2D eigenvalue weighted by atomic mass is 10.1. The Balaban J connectivity index is 2.50. The quantitative estimate of drug-likeness (QED) is 0.816. The summed E-state index contributed by atoms with van der Waals surface area (Å²) in [5.74, 6) is -0.946. The molecule has 4 nitrogen and oxygen atoms in total.